The van der Waals surface area contributed by atoms with Crippen molar-refractivity contribution < 1.29 is 24.1 Å². The van der Waals surface area contributed by atoms with Gasteiger partial charge in [0.15, 0.2) is 12.6 Å². The average molecular weight is 394 g/mol. The molecule has 9 heteroatoms. The van der Waals surface area contributed by atoms with Crippen LogP contribution in [0.4, 0.5) is 0 Å². The molecule has 1 aromatic rings. The van der Waals surface area contributed by atoms with Crippen LogP contribution in [-0.2, 0) is 18.9 Å². The van der Waals surface area contributed by atoms with Gasteiger partial charge in [0.1, 0.15) is 18.2 Å². The molecule has 3 rings (SSSR count). The first-order valence-corrected chi connectivity index (χ1v) is 12.9. The summed E-state index contributed by atoms with van der Waals surface area (Å²) in [4.78, 5) is 2.86. The number of azide groups is 1. The second kappa shape index (κ2) is 8.70. The summed E-state index contributed by atoms with van der Waals surface area (Å²) in [5, 5.41) is 14.5. The van der Waals surface area contributed by atoms with E-state index in [4.69, 9.17) is 24.5 Å². The summed E-state index contributed by atoms with van der Waals surface area (Å²) in [6.07, 6.45) is -3.58. The number of fused-ring (bicyclic) bond motifs is 1. The molecule has 0 spiro atoms. The smallest absolute Gasteiger partial charge is 0.184 e. The molecule has 1 unspecified atom stereocenters. The van der Waals surface area contributed by atoms with Crippen LogP contribution in [0.25, 0.3) is 10.4 Å². The highest BCUT2D eigenvalue weighted by Crippen LogP contribution is 2.35. The second-order valence-electron chi connectivity index (χ2n) is 8.09. The van der Waals surface area contributed by atoms with Crippen LogP contribution in [0.15, 0.2) is 35.4 Å². The zero-order valence-electron chi connectivity index (χ0n) is 15.9. The average Bonchev–Trinajstić information content (AvgIpc) is 2.64. The molecule has 0 radical (unpaired) electrons. The quantitative estimate of drug-likeness (QED) is 0.346. The van der Waals surface area contributed by atoms with Crippen molar-refractivity contribution in [1.82, 2.24) is 0 Å². The van der Waals surface area contributed by atoms with Crippen LogP contribution < -0.4 is 0 Å². The molecule has 27 heavy (non-hydrogen) atoms. The number of benzene rings is 1. The van der Waals surface area contributed by atoms with E-state index < -0.39 is 45.0 Å². The Balaban J connectivity index is 1.69. The van der Waals surface area contributed by atoms with Gasteiger partial charge < -0.3 is 24.1 Å². The van der Waals surface area contributed by atoms with Gasteiger partial charge in [0, 0.05) is 25.2 Å². The lowest BCUT2D eigenvalue weighted by Gasteiger charge is -2.46. The Hall–Kier alpha value is -1.45. The highest BCUT2D eigenvalue weighted by molar-refractivity contribution is 6.76. The van der Waals surface area contributed by atoms with Gasteiger partial charge in [-0.3, -0.25) is 0 Å². The van der Waals surface area contributed by atoms with Gasteiger partial charge in [0.2, 0.25) is 0 Å². The SMILES string of the molecule is C[Si](C)(C)CCO[C@@H]1O[C@@H]2COC(c3ccccc3)O[C@@H]2[C@H](O)[C@H]1N=[N+]=[N-]. The fourth-order valence-electron chi connectivity index (χ4n) is 3.16. The van der Waals surface area contributed by atoms with Gasteiger partial charge >= 0.3 is 0 Å². The van der Waals surface area contributed by atoms with Crippen molar-refractivity contribution >= 4 is 8.07 Å². The zero-order valence-corrected chi connectivity index (χ0v) is 16.9. The normalized spacial score (nSPS) is 33.8. The summed E-state index contributed by atoms with van der Waals surface area (Å²) in [5.74, 6) is 0. The molecule has 0 aliphatic carbocycles. The molecule has 2 heterocycles. The fraction of sp³-hybridized carbons (Fsp3) is 0.667. The van der Waals surface area contributed by atoms with Crippen LogP contribution in [0.2, 0.25) is 25.7 Å². The third kappa shape index (κ3) is 5.08. The molecule has 0 bridgehead atoms. The Morgan fingerprint density at radius 2 is 2.00 bits per heavy atom. The molecule has 1 N–H and O–H groups in total. The van der Waals surface area contributed by atoms with Crippen LogP contribution in [0.5, 0.6) is 0 Å². The minimum absolute atomic E-state index is 0.262. The molecule has 2 aliphatic rings. The van der Waals surface area contributed by atoms with E-state index >= 15 is 0 Å². The molecule has 1 aromatic carbocycles. The highest BCUT2D eigenvalue weighted by atomic mass is 28.3. The zero-order chi connectivity index (χ0) is 19.4. The van der Waals surface area contributed by atoms with Crippen LogP contribution in [0.1, 0.15) is 11.9 Å². The number of nitrogens with zero attached hydrogens (tertiary/aromatic N) is 3. The van der Waals surface area contributed by atoms with E-state index in [0.29, 0.717) is 6.61 Å². The summed E-state index contributed by atoms with van der Waals surface area (Å²) in [6, 6.07) is 9.58. The molecule has 0 saturated carbocycles. The molecular weight excluding hydrogens is 366 g/mol. The second-order valence-corrected chi connectivity index (χ2v) is 13.7. The Labute approximate surface area is 160 Å². The van der Waals surface area contributed by atoms with Crippen molar-refractivity contribution in [2.24, 2.45) is 5.11 Å². The lowest BCUT2D eigenvalue weighted by molar-refractivity contribution is -0.341. The van der Waals surface area contributed by atoms with E-state index in [1.807, 2.05) is 30.3 Å². The summed E-state index contributed by atoms with van der Waals surface area (Å²) in [5.41, 5.74) is 9.77. The van der Waals surface area contributed by atoms with Crippen molar-refractivity contribution in [3.05, 3.63) is 46.3 Å². The van der Waals surface area contributed by atoms with E-state index in [-0.39, 0.29) is 6.61 Å². The highest BCUT2D eigenvalue weighted by Gasteiger charge is 2.49. The standard InChI is InChI=1S/C18H27N3O5Si/c1-27(2,3)10-9-23-18-14(20-21-19)15(22)16-13(25-18)11-24-17(26-16)12-7-5-4-6-8-12/h4-8,13-18,22H,9-11H2,1-3H3/t13-,14-,15-,16+,17?,18-/m1/s1. The Morgan fingerprint density at radius 1 is 1.26 bits per heavy atom. The van der Waals surface area contributed by atoms with Gasteiger partial charge in [-0.05, 0) is 11.6 Å². The molecule has 8 nitrogen and oxygen atoms in total. The van der Waals surface area contributed by atoms with E-state index in [1.54, 1.807) is 0 Å². The van der Waals surface area contributed by atoms with E-state index in [1.165, 1.54) is 0 Å². The molecular formula is C18H27N3O5Si. The van der Waals surface area contributed by atoms with E-state index in [9.17, 15) is 5.11 Å². The first-order chi connectivity index (χ1) is 12.9. The Bertz CT molecular complexity index is 665. The molecule has 2 fully saturated rings. The predicted octanol–water partition coefficient (Wildman–Crippen LogP) is 3.22. The van der Waals surface area contributed by atoms with Gasteiger partial charge in [0.25, 0.3) is 0 Å². The molecule has 0 amide bonds. The van der Waals surface area contributed by atoms with Crippen molar-refractivity contribution in [2.75, 3.05) is 13.2 Å². The lowest BCUT2D eigenvalue weighted by atomic mass is 9.96. The summed E-state index contributed by atoms with van der Waals surface area (Å²) in [7, 11) is -1.28. The number of aliphatic hydroxyl groups excluding tert-OH is 1. The molecule has 2 aliphatic heterocycles. The number of ether oxygens (including phenoxy) is 4. The number of aliphatic hydroxyl groups is 1. The van der Waals surface area contributed by atoms with Crippen LogP contribution in [0.3, 0.4) is 0 Å². The van der Waals surface area contributed by atoms with Gasteiger partial charge in [-0.1, -0.05) is 55.1 Å². The van der Waals surface area contributed by atoms with Crippen molar-refractivity contribution in [2.45, 2.75) is 62.6 Å². The summed E-state index contributed by atoms with van der Waals surface area (Å²) < 4.78 is 23.5. The first-order valence-electron chi connectivity index (χ1n) is 9.20. The number of hydrogen-bond donors (Lipinski definition) is 1. The maximum absolute atomic E-state index is 10.8. The third-order valence-corrected chi connectivity index (χ3v) is 6.43. The predicted molar refractivity (Wildman–Crippen MR) is 102 cm³/mol. The maximum atomic E-state index is 10.8. The fourth-order valence-corrected chi connectivity index (χ4v) is 3.89. The molecule has 2 saturated heterocycles. The Kier molecular flexibility index (Phi) is 6.54. The van der Waals surface area contributed by atoms with E-state index in [0.717, 1.165) is 11.6 Å². The minimum Gasteiger partial charge on any atom is -0.390 e. The van der Waals surface area contributed by atoms with Crippen LogP contribution in [0, 0.1) is 0 Å². The lowest BCUT2D eigenvalue weighted by Crippen LogP contribution is -2.61. The van der Waals surface area contributed by atoms with Crippen LogP contribution in [-0.4, -0.2) is 57.0 Å². The van der Waals surface area contributed by atoms with Crippen molar-refractivity contribution in [3.8, 4) is 0 Å². The minimum atomic E-state index is -1.28. The van der Waals surface area contributed by atoms with Gasteiger partial charge in [-0.15, -0.1) is 0 Å². The van der Waals surface area contributed by atoms with Gasteiger partial charge in [-0.2, -0.15) is 0 Å². The molecule has 148 valence electrons. The van der Waals surface area contributed by atoms with Crippen molar-refractivity contribution in [1.29, 1.82) is 0 Å². The molecule has 0 aromatic heterocycles. The van der Waals surface area contributed by atoms with Gasteiger partial charge in [-0.25, -0.2) is 0 Å². The van der Waals surface area contributed by atoms with E-state index in [2.05, 4.69) is 29.7 Å². The Morgan fingerprint density at radius 3 is 2.67 bits per heavy atom. The summed E-state index contributed by atoms with van der Waals surface area (Å²) in [6.45, 7) is 7.51. The topological polar surface area (TPSA) is 106 Å². The first kappa shape index (κ1) is 20.3. The van der Waals surface area contributed by atoms with Gasteiger partial charge in [0.05, 0.1) is 12.7 Å². The van der Waals surface area contributed by atoms with Crippen molar-refractivity contribution in [3.63, 3.8) is 0 Å². The van der Waals surface area contributed by atoms with Crippen LogP contribution >= 0.6 is 0 Å². The third-order valence-electron chi connectivity index (χ3n) is 4.72. The maximum Gasteiger partial charge on any atom is 0.184 e. The number of rotatable bonds is 6. The number of hydrogen-bond acceptors (Lipinski definition) is 6. The monoisotopic (exact) mass is 393 g/mol. The largest absolute Gasteiger partial charge is 0.390 e. The summed E-state index contributed by atoms with van der Waals surface area (Å²) >= 11 is 0. The molecule has 6 atom stereocenters.